The number of carboxylic acids is 1. The molecule has 1 aromatic carbocycles. The smallest absolute Gasteiger partial charge is 0.337 e. The first-order valence-corrected chi connectivity index (χ1v) is 8.62. The van der Waals surface area contributed by atoms with Crippen molar-refractivity contribution in [3.8, 4) is 0 Å². The van der Waals surface area contributed by atoms with Crippen LogP contribution < -0.4 is 4.90 Å². The van der Waals surface area contributed by atoms with Crippen LogP contribution in [0.25, 0.3) is 0 Å². The Hall–Kier alpha value is -2.36. The van der Waals surface area contributed by atoms with Gasteiger partial charge in [-0.2, -0.15) is 0 Å². The maximum Gasteiger partial charge on any atom is 0.337 e. The molecule has 0 bridgehead atoms. The molecular formula is C21H28N2O2. The number of carboxylic acid groups (broad SMARTS) is 1. The molecule has 4 heteroatoms. The van der Waals surface area contributed by atoms with Crippen LogP contribution in [0.2, 0.25) is 0 Å². The third kappa shape index (κ3) is 4.01. The molecule has 1 N–H and O–H groups in total. The van der Waals surface area contributed by atoms with Gasteiger partial charge >= 0.3 is 5.97 Å². The van der Waals surface area contributed by atoms with Crippen molar-refractivity contribution in [2.75, 3.05) is 4.90 Å². The van der Waals surface area contributed by atoms with E-state index in [-0.39, 0.29) is 17.0 Å². The minimum Gasteiger partial charge on any atom is -0.478 e. The summed E-state index contributed by atoms with van der Waals surface area (Å²) >= 11 is 0. The van der Waals surface area contributed by atoms with Gasteiger partial charge in [-0.1, -0.05) is 26.8 Å². The van der Waals surface area contributed by atoms with Crippen LogP contribution >= 0.6 is 0 Å². The summed E-state index contributed by atoms with van der Waals surface area (Å²) in [5, 5.41) is 9.09. The normalized spacial score (nSPS) is 11.7. The van der Waals surface area contributed by atoms with Crippen LogP contribution in [0.4, 0.5) is 11.5 Å². The summed E-state index contributed by atoms with van der Waals surface area (Å²) in [6.45, 7) is 15.1. The molecule has 0 spiro atoms. The number of rotatable bonds is 4. The van der Waals surface area contributed by atoms with Crippen molar-refractivity contribution in [1.82, 2.24) is 4.98 Å². The van der Waals surface area contributed by atoms with Gasteiger partial charge in [0.05, 0.1) is 5.56 Å². The first kappa shape index (κ1) is 19.0. The van der Waals surface area contributed by atoms with Crippen molar-refractivity contribution in [1.29, 1.82) is 0 Å². The molecule has 2 aromatic rings. The Balaban J connectivity index is 2.61. The number of benzene rings is 1. The fourth-order valence-electron chi connectivity index (χ4n) is 2.85. The van der Waals surface area contributed by atoms with Crippen molar-refractivity contribution in [2.24, 2.45) is 0 Å². The van der Waals surface area contributed by atoms with E-state index in [2.05, 4.69) is 70.5 Å². The van der Waals surface area contributed by atoms with Crippen LogP contribution in [0.5, 0.6) is 0 Å². The lowest BCUT2D eigenvalue weighted by Gasteiger charge is -2.32. The van der Waals surface area contributed by atoms with Crippen molar-refractivity contribution in [3.63, 3.8) is 0 Å². The van der Waals surface area contributed by atoms with Crippen LogP contribution in [-0.2, 0) is 5.41 Å². The number of hydrogen-bond donors (Lipinski definition) is 1. The highest BCUT2D eigenvalue weighted by Crippen LogP contribution is 2.35. The standard InChI is InChI=1S/C21H28N2O2/c1-13(2)23(19-9-8-16(12-22-19)20(24)25)18-11-17(21(5,6)7)10-14(3)15(18)4/h8-13H,1-7H3,(H,24,25). The first-order chi connectivity index (χ1) is 11.5. The van der Waals surface area contributed by atoms with E-state index in [4.69, 9.17) is 5.11 Å². The average Bonchev–Trinajstić information content (AvgIpc) is 2.50. The molecule has 0 amide bonds. The van der Waals surface area contributed by atoms with E-state index in [1.165, 1.54) is 22.9 Å². The van der Waals surface area contributed by atoms with Crippen molar-refractivity contribution in [2.45, 2.75) is 59.9 Å². The number of hydrogen-bond acceptors (Lipinski definition) is 3. The van der Waals surface area contributed by atoms with E-state index in [9.17, 15) is 4.79 Å². The molecule has 0 unspecified atom stereocenters. The first-order valence-electron chi connectivity index (χ1n) is 8.62. The Morgan fingerprint density at radius 2 is 1.80 bits per heavy atom. The average molecular weight is 340 g/mol. The quantitative estimate of drug-likeness (QED) is 0.827. The summed E-state index contributed by atoms with van der Waals surface area (Å²) in [6.07, 6.45) is 1.42. The molecule has 0 aliphatic rings. The van der Waals surface area contributed by atoms with E-state index in [1.54, 1.807) is 12.1 Å². The highest BCUT2D eigenvalue weighted by atomic mass is 16.4. The Kier molecular flexibility index (Phi) is 5.21. The van der Waals surface area contributed by atoms with E-state index >= 15 is 0 Å². The number of aromatic carboxylic acids is 1. The summed E-state index contributed by atoms with van der Waals surface area (Å²) in [6, 6.07) is 8.06. The zero-order chi connectivity index (χ0) is 18.9. The molecule has 0 atom stereocenters. The molecule has 134 valence electrons. The maximum atomic E-state index is 11.1. The lowest BCUT2D eigenvalue weighted by molar-refractivity contribution is 0.0696. The van der Waals surface area contributed by atoms with Gasteiger partial charge in [-0.3, -0.25) is 0 Å². The second-order valence-electron chi connectivity index (χ2n) is 7.86. The Morgan fingerprint density at radius 3 is 2.24 bits per heavy atom. The third-order valence-electron chi connectivity index (χ3n) is 4.52. The van der Waals surface area contributed by atoms with Gasteiger partial charge in [0.1, 0.15) is 5.82 Å². The number of anilines is 2. The van der Waals surface area contributed by atoms with Crippen LogP contribution in [0.1, 0.15) is 61.7 Å². The second-order valence-corrected chi connectivity index (χ2v) is 7.86. The van der Waals surface area contributed by atoms with E-state index in [0.29, 0.717) is 0 Å². The van der Waals surface area contributed by atoms with E-state index < -0.39 is 5.97 Å². The lowest BCUT2D eigenvalue weighted by Crippen LogP contribution is -2.28. The second kappa shape index (κ2) is 6.87. The van der Waals surface area contributed by atoms with Crippen LogP contribution in [-0.4, -0.2) is 22.1 Å². The number of pyridine rings is 1. The van der Waals surface area contributed by atoms with Gasteiger partial charge in [-0.15, -0.1) is 0 Å². The van der Waals surface area contributed by atoms with Gasteiger partial charge in [0.15, 0.2) is 0 Å². The molecule has 2 rings (SSSR count). The number of carbonyl (C=O) groups is 1. The van der Waals surface area contributed by atoms with E-state index in [1.807, 2.05) is 0 Å². The Bertz CT molecular complexity index is 772. The lowest BCUT2D eigenvalue weighted by atomic mass is 9.84. The van der Waals surface area contributed by atoms with Crippen molar-refractivity contribution >= 4 is 17.5 Å². The number of aromatic nitrogens is 1. The predicted molar refractivity (Wildman–Crippen MR) is 103 cm³/mol. The largest absolute Gasteiger partial charge is 0.478 e. The highest BCUT2D eigenvalue weighted by molar-refractivity contribution is 5.87. The summed E-state index contributed by atoms with van der Waals surface area (Å²) < 4.78 is 0. The minimum atomic E-state index is -0.961. The van der Waals surface area contributed by atoms with Gasteiger partial charge in [-0.25, -0.2) is 9.78 Å². The van der Waals surface area contributed by atoms with Gasteiger partial charge in [0.25, 0.3) is 0 Å². The molecule has 0 saturated heterocycles. The van der Waals surface area contributed by atoms with Crippen LogP contribution in [0.15, 0.2) is 30.5 Å². The fourth-order valence-corrected chi connectivity index (χ4v) is 2.85. The zero-order valence-corrected chi connectivity index (χ0v) is 16.2. The van der Waals surface area contributed by atoms with Gasteiger partial charge < -0.3 is 10.0 Å². The molecule has 25 heavy (non-hydrogen) atoms. The van der Waals surface area contributed by atoms with Gasteiger partial charge in [0.2, 0.25) is 0 Å². The molecule has 4 nitrogen and oxygen atoms in total. The molecule has 0 aliphatic heterocycles. The van der Waals surface area contributed by atoms with Crippen LogP contribution in [0, 0.1) is 13.8 Å². The molecule has 0 radical (unpaired) electrons. The molecular weight excluding hydrogens is 312 g/mol. The van der Waals surface area contributed by atoms with Gasteiger partial charge in [0, 0.05) is 17.9 Å². The summed E-state index contributed by atoms with van der Waals surface area (Å²) in [4.78, 5) is 17.7. The van der Waals surface area contributed by atoms with Crippen molar-refractivity contribution < 1.29 is 9.90 Å². The summed E-state index contributed by atoms with van der Waals surface area (Å²) in [7, 11) is 0. The SMILES string of the molecule is Cc1cc(C(C)(C)C)cc(N(c2ccc(C(=O)O)cn2)C(C)C)c1C. The molecule has 0 fully saturated rings. The number of nitrogens with zero attached hydrogens (tertiary/aromatic N) is 2. The van der Waals surface area contributed by atoms with Crippen molar-refractivity contribution in [3.05, 3.63) is 52.7 Å². The van der Waals surface area contributed by atoms with E-state index in [0.717, 1.165) is 11.5 Å². The Morgan fingerprint density at radius 1 is 1.16 bits per heavy atom. The zero-order valence-electron chi connectivity index (χ0n) is 16.2. The minimum absolute atomic E-state index is 0.0520. The molecule has 0 aliphatic carbocycles. The summed E-state index contributed by atoms with van der Waals surface area (Å²) in [5.74, 6) is -0.203. The predicted octanol–water partition coefficient (Wildman–Crippen LogP) is 5.24. The Labute approximate surface area is 150 Å². The fraction of sp³-hybridized carbons (Fsp3) is 0.429. The highest BCUT2D eigenvalue weighted by Gasteiger charge is 2.22. The molecule has 0 saturated carbocycles. The number of aryl methyl sites for hydroxylation is 1. The molecule has 1 heterocycles. The molecule has 1 aromatic heterocycles. The maximum absolute atomic E-state index is 11.1. The third-order valence-corrected chi connectivity index (χ3v) is 4.52. The van der Waals surface area contributed by atoms with Gasteiger partial charge in [-0.05, 0) is 68.0 Å². The topological polar surface area (TPSA) is 53.4 Å². The van der Waals surface area contributed by atoms with Crippen LogP contribution in [0.3, 0.4) is 0 Å². The summed E-state index contributed by atoms with van der Waals surface area (Å²) in [5.41, 5.74) is 5.11. The monoisotopic (exact) mass is 340 g/mol.